The summed E-state index contributed by atoms with van der Waals surface area (Å²) in [5.74, 6) is 0.891. The van der Waals surface area contributed by atoms with Crippen molar-refractivity contribution in [2.75, 3.05) is 19.7 Å². The predicted molar refractivity (Wildman–Crippen MR) is 92.4 cm³/mol. The molecule has 122 valence electrons. The van der Waals surface area contributed by atoms with Crippen LogP contribution in [-0.2, 0) is 11.3 Å². The molecular formula is C20H20N2O2. The average Bonchev–Trinajstić information content (AvgIpc) is 3.12. The maximum atomic E-state index is 5.92. The molecule has 2 aromatic carbocycles. The Morgan fingerprint density at radius 1 is 1.00 bits per heavy atom. The lowest BCUT2D eigenvalue weighted by Gasteiger charge is -2.32. The van der Waals surface area contributed by atoms with Crippen molar-refractivity contribution < 1.29 is 9.26 Å². The van der Waals surface area contributed by atoms with Crippen molar-refractivity contribution in [3.63, 3.8) is 0 Å². The van der Waals surface area contributed by atoms with Crippen molar-refractivity contribution in [1.82, 2.24) is 10.1 Å². The summed E-state index contributed by atoms with van der Waals surface area (Å²) in [4.78, 5) is 2.36. The minimum atomic E-state index is 0.122. The number of aromatic nitrogens is 1. The topological polar surface area (TPSA) is 38.5 Å². The van der Waals surface area contributed by atoms with Gasteiger partial charge in [-0.1, -0.05) is 65.8 Å². The number of benzene rings is 2. The Labute approximate surface area is 141 Å². The summed E-state index contributed by atoms with van der Waals surface area (Å²) < 4.78 is 11.4. The van der Waals surface area contributed by atoms with E-state index in [1.807, 2.05) is 42.5 Å². The third kappa shape index (κ3) is 3.40. The standard InChI is InChI=1S/C20H20N2O2/c1-3-7-16(8-4-1)19-13-18(24-21-19)14-22-11-12-23-20(15-22)17-9-5-2-6-10-17/h1-10,13,20H,11-12,14-15H2. The number of nitrogens with zero attached hydrogens (tertiary/aromatic N) is 2. The van der Waals surface area contributed by atoms with Crippen LogP contribution in [0.25, 0.3) is 11.3 Å². The Morgan fingerprint density at radius 3 is 2.54 bits per heavy atom. The molecule has 0 amide bonds. The number of hydrogen-bond acceptors (Lipinski definition) is 4. The molecule has 4 heteroatoms. The second-order valence-electron chi connectivity index (χ2n) is 6.05. The number of hydrogen-bond donors (Lipinski definition) is 0. The molecule has 0 saturated carbocycles. The fraction of sp³-hybridized carbons (Fsp3) is 0.250. The van der Waals surface area contributed by atoms with Crippen LogP contribution in [0.3, 0.4) is 0 Å². The van der Waals surface area contributed by atoms with E-state index in [0.29, 0.717) is 0 Å². The first-order valence-corrected chi connectivity index (χ1v) is 8.28. The van der Waals surface area contributed by atoms with Gasteiger partial charge in [0.25, 0.3) is 0 Å². The van der Waals surface area contributed by atoms with Crippen LogP contribution < -0.4 is 0 Å². The first-order valence-electron chi connectivity index (χ1n) is 8.28. The Hall–Kier alpha value is -2.43. The van der Waals surface area contributed by atoms with Crippen LogP contribution in [0.5, 0.6) is 0 Å². The smallest absolute Gasteiger partial charge is 0.151 e. The normalized spacial score (nSPS) is 18.6. The lowest BCUT2D eigenvalue weighted by atomic mass is 10.1. The number of rotatable bonds is 4. The van der Waals surface area contributed by atoms with Crippen LogP contribution in [0.4, 0.5) is 0 Å². The van der Waals surface area contributed by atoms with Gasteiger partial charge in [0.15, 0.2) is 5.76 Å². The first kappa shape index (κ1) is 15.1. The van der Waals surface area contributed by atoms with Crippen LogP contribution in [-0.4, -0.2) is 29.8 Å². The largest absolute Gasteiger partial charge is 0.371 e. The van der Waals surface area contributed by atoms with E-state index in [1.165, 1.54) is 5.56 Å². The second-order valence-corrected chi connectivity index (χ2v) is 6.05. The zero-order valence-corrected chi connectivity index (χ0v) is 13.5. The summed E-state index contributed by atoms with van der Waals surface area (Å²) in [6.45, 7) is 3.27. The predicted octanol–water partition coefficient (Wildman–Crippen LogP) is 3.92. The Kier molecular flexibility index (Phi) is 4.40. The molecule has 1 aromatic heterocycles. The Balaban J connectivity index is 1.43. The molecule has 0 radical (unpaired) electrons. The number of morpholine rings is 1. The summed E-state index contributed by atoms with van der Waals surface area (Å²) >= 11 is 0. The molecule has 3 aromatic rings. The highest BCUT2D eigenvalue weighted by Crippen LogP contribution is 2.24. The SMILES string of the molecule is c1ccc(-c2cc(CN3CCOC(c4ccccc4)C3)on2)cc1. The summed E-state index contributed by atoms with van der Waals surface area (Å²) in [6.07, 6.45) is 0.122. The van der Waals surface area contributed by atoms with Crippen molar-refractivity contribution in [3.8, 4) is 11.3 Å². The van der Waals surface area contributed by atoms with E-state index in [1.54, 1.807) is 0 Å². The van der Waals surface area contributed by atoms with E-state index in [9.17, 15) is 0 Å². The fourth-order valence-electron chi connectivity index (χ4n) is 3.07. The minimum absolute atomic E-state index is 0.122. The molecule has 0 bridgehead atoms. The first-order chi connectivity index (χ1) is 11.9. The molecule has 1 unspecified atom stereocenters. The van der Waals surface area contributed by atoms with Crippen molar-refractivity contribution in [2.45, 2.75) is 12.6 Å². The third-order valence-corrected chi connectivity index (χ3v) is 4.33. The summed E-state index contributed by atoms with van der Waals surface area (Å²) in [5.41, 5.74) is 3.19. The molecule has 24 heavy (non-hydrogen) atoms. The monoisotopic (exact) mass is 320 g/mol. The Bertz CT molecular complexity index is 771. The van der Waals surface area contributed by atoms with E-state index < -0.39 is 0 Å². The highest BCUT2D eigenvalue weighted by Gasteiger charge is 2.23. The lowest BCUT2D eigenvalue weighted by Crippen LogP contribution is -2.37. The second kappa shape index (κ2) is 6.99. The summed E-state index contributed by atoms with van der Waals surface area (Å²) in [7, 11) is 0. The van der Waals surface area contributed by atoms with E-state index in [0.717, 1.165) is 43.3 Å². The van der Waals surface area contributed by atoms with Gasteiger partial charge in [-0.05, 0) is 5.56 Å². The number of ether oxygens (including phenoxy) is 1. The van der Waals surface area contributed by atoms with Gasteiger partial charge >= 0.3 is 0 Å². The molecular weight excluding hydrogens is 300 g/mol. The zero-order valence-electron chi connectivity index (χ0n) is 13.5. The fourth-order valence-corrected chi connectivity index (χ4v) is 3.07. The third-order valence-electron chi connectivity index (χ3n) is 4.33. The molecule has 1 aliphatic heterocycles. The molecule has 0 N–H and O–H groups in total. The maximum Gasteiger partial charge on any atom is 0.151 e. The van der Waals surface area contributed by atoms with Crippen molar-refractivity contribution >= 4 is 0 Å². The minimum Gasteiger partial charge on any atom is -0.371 e. The molecule has 1 saturated heterocycles. The maximum absolute atomic E-state index is 5.92. The highest BCUT2D eigenvalue weighted by atomic mass is 16.5. The van der Waals surface area contributed by atoms with Crippen LogP contribution >= 0.6 is 0 Å². The molecule has 1 fully saturated rings. The van der Waals surface area contributed by atoms with E-state index in [2.05, 4.69) is 34.3 Å². The molecule has 4 nitrogen and oxygen atoms in total. The molecule has 0 aliphatic carbocycles. The summed E-state index contributed by atoms with van der Waals surface area (Å²) in [5, 5.41) is 4.20. The van der Waals surface area contributed by atoms with Crippen molar-refractivity contribution in [1.29, 1.82) is 0 Å². The quantitative estimate of drug-likeness (QED) is 0.730. The van der Waals surface area contributed by atoms with Gasteiger partial charge in [-0.3, -0.25) is 4.90 Å². The molecule has 1 aliphatic rings. The molecule has 2 heterocycles. The molecule has 0 spiro atoms. The van der Waals surface area contributed by atoms with Crippen LogP contribution in [0.2, 0.25) is 0 Å². The van der Waals surface area contributed by atoms with Gasteiger partial charge < -0.3 is 9.26 Å². The van der Waals surface area contributed by atoms with Gasteiger partial charge in [0, 0.05) is 24.7 Å². The van der Waals surface area contributed by atoms with Crippen molar-refractivity contribution in [3.05, 3.63) is 78.1 Å². The van der Waals surface area contributed by atoms with Gasteiger partial charge in [0.05, 0.1) is 19.3 Å². The average molecular weight is 320 g/mol. The van der Waals surface area contributed by atoms with Crippen LogP contribution in [0.15, 0.2) is 71.3 Å². The lowest BCUT2D eigenvalue weighted by molar-refractivity contribution is -0.0351. The van der Waals surface area contributed by atoms with E-state index in [-0.39, 0.29) is 6.10 Å². The van der Waals surface area contributed by atoms with Crippen molar-refractivity contribution in [2.24, 2.45) is 0 Å². The molecule has 4 rings (SSSR count). The van der Waals surface area contributed by atoms with Gasteiger partial charge in [-0.25, -0.2) is 0 Å². The van der Waals surface area contributed by atoms with Gasteiger partial charge in [0.2, 0.25) is 0 Å². The van der Waals surface area contributed by atoms with E-state index >= 15 is 0 Å². The Morgan fingerprint density at radius 2 is 1.75 bits per heavy atom. The van der Waals surface area contributed by atoms with Gasteiger partial charge in [-0.15, -0.1) is 0 Å². The highest BCUT2D eigenvalue weighted by molar-refractivity contribution is 5.58. The zero-order chi connectivity index (χ0) is 16.2. The summed E-state index contributed by atoms with van der Waals surface area (Å²) in [6, 6.07) is 22.5. The molecule has 1 atom stereocenters. The van der Waals surface area contributed by atoms with Crippen LogP contribution in [0.1, 0.15) is 17.4 Å². The van der Waals surface area contributed by atoms with E-state index in [4.69, 9.17) is 9.26 Å². The van der Waals surface area contributed by atoms with Gasteiger partial charge in [0.1, 0.15) is 5.69 Å². The van der Waals surface area contributed by atoms with Gasteiger partial charge in [-0.2, -0.15) is 0 Å². The van der Waals surface area contributed by atoms with Crippen LogP contribution in [0, 0.1) is 0 Å².